The SMILES string of the molecule is CC.Cc1c(Cl)cnn1C1CCC1. The first-order chi connectivity index (χ1) is 6.29. The van der Waals surface area contributed by atoms with E-state index in [1.54, 1.807) is 6.20 Å². The van der Waals surface area contributed by atoms with Gasteiger partial charge in [0.15, 0.2) is 0 Å². The fraction of sp³-hybridized carbons (Fsp3) is 0.700. The molecular weight excluding hydrogens is 184 g/mol. The van der Waals surface area contributed by atoms with E-state index in [2.05, 4.69) is 5.10 Å². The quantitative estimate of drug-likeness (QED) is 0.678. The second kappa shape index (κ2) is 4.66. The van der Waals surface area contributed by atoms with Gasteiger partial charge in [-0.25, -0.2) is 0 Å². The van der Waals surface area contributed by atoms with E-state index < -0.39 is 0 Å². The minimum Gasteiger partial charge on any atom is -0.265 e. The summed E-state index contributed by atoms with van der Waals surface area (Å²) in [6.07, 6.45) is 5.59. The maximum absolute atomic E-state index is 5.87. The topological polar surface area (TPSA) is 17.8 Å². The first kappa shape index (κ1) is 10.6. The zero-order valence-corrected chi connectivity index (χ0v) is 9.30. The molecular formula is C10H17ClN2. The van der Waals surface area contributed by atoms with Crippen LogP contribution in [0.3, 0.4) is 0 Å². The highest BCUT2D eigenvalue weighted by Crippen LogP contribution is 2.33. The molecule has 0 amide bonds. The molecule has 1 saturated carbocycles. The predicted molar refractivity (Wildman–Crippen MR) is 56.2 cm³/mol. The molecule has 1 aliphatic rings. The Kier molecular flexibility index (Phi) is 3.79. The molecule has 0 aliphatic heterocycles. The highest BCUT2D eigenvalue weighted by Gasteiger charge is 2.21. The minimum atomic E-state index is 0.627. The number of hydrogen-bond acceptors (Lipinski definition) is 1. The molecule has 1 heterocycles. The molecule has 13 heavy (non-hydrogen) atoms. The van der Waals surface area contributed by atoms with Crippen LogP contribution in [-0.4, -0.2) is 9.78 Å². The van der Waals surface area contributed by atoms with E-state index >= 15 is 0 Å². The monoisotopic (exact) mass is 200 g/mol. The average Bonchev–Trinajstić information content (AvgIpc) is 2.37. The zero-order chi connectivity index (χ0) is 9.84. The van der Waals surface area contributed by atoms with Crippen LogP contribution < -0.4 is 0 Å². The lowest BCUT2D eigenvalue weighted by molar-refractivity contribution is 0.285. The first-order valence-corrected chi connectivity index (χ1v) is 5.36. The number of halogens is 1. The lowest BCUT2D eigenvalue weighted by atomic mass is 9.93. The molecule has 1 aliphatic carbocycles. The van der Waals surface area contributed by atoms with Gasteiger partial charge in [-0.3, -0.25) is 4.68 Å². The summed E-state index contributed by atoms with van der Waals surface area (Å²) < 4.78 is 2.05. The van der Waals surface area contributed by atoms with Gasteiger partial charge in [0.05, 0.1) is 23.0 Å². The summed E-state index contributed by atoms with van der Waals surface area (Å²) in [7, 11) is 0. The zero-order valence-electron chi connectivity index (χ0n) is 8.55. The Hall–Kier alpha value is -0.500. The standard InChI is InChI=1S/C8H11ClN2.C2H6/c1-6-8(9)5-10-11(6)7-3-2-4-7;1-2/h5,7H,2-4H2,1H3;1-2H3. The summed E-state index contributed by atoms with van der Waals surface area (Å²) in [5, 5.41) is 5.01. The normalized spacial score (nSPS) is 16.0. The molecule has 1 fully saturated rings. The first-order valence-electron chi connectivity index (χ1n) is 4.98. The number of nitrogens with zero attached hydrogens (tertiary/aromatic N) is 2. The lowest BCUT2D eigenvalue weighted by Crippen LogP contribution is -2.19. The summed E-state index contributed by atoms with van der Waals surface area (Å²) in [4.78, 5) is 0. The van der Waals surface area contributed by atoms with Crippen LogP contribution >= 0.6 is 11.6 Å². The third kappa shape index (κ3) is 2.05. The molecule has 0 spiro atoms. The van der Waals surface area contributed by atoms with Crippen molar-refractivity contribution in [3.63, 3.8) is 0 Å². The highest BCUT2D eigenvalue weighted by molar-refractivity contribution is 6.31. The average molecular weight is 201 g/mol. The van der Waals surface area contributed by atoms with Crippen LogP contribution in [0.25, 0.3) is 0 Å². The summed E-state index contributed by atoms with van der Waals surface area (Å²) in [6.45, 7) is 6.02. The summed E-state index contributed by atoms with van der Waals surface area (Å²) >= 11 is 5.87. The summed E-state index contributed by atoms with van der Waals surface area (Å²) in [6, 6.07) is 0.627. The van der Waals surface area contributed by atoms with Crippen molar-refractivity contribution >= 4 is 11.6 Å². The van der Waals surface area contributed by atoms with Crippen LogP contribution in [0.15, 0.2) is 6.20 Å². The van der Waals surface area contributed by atoms with Gasteiger partial charge in [0.1, 0.15) is 0 Å². The van der Waals surface area contributed by atoms with Crippen molar-refractivity contribution in [2.75, 3.05) is 0 Å². The van der Waals surface area contributed by atoms with Crippen LogP contribution in [0.1, 0.15) is 44.8 Å². The number of hydrogen-bond donors (Lipinski definition) is 0. The maximum atomic E-state index is 5.87. The summed E-state index contributed by atoms with van der Waals surface area (Å²) in [5.41, 5.74) is 1.11. The van der Waals surface area contributed by atoms with Gasteiger partial charge < -0.3 is 0 Å². The van der Waals surface area contributed by atoms with Gasteiger partial charge in [0, 0.05) is 0 Å². The maximum Gasteiger partial charge on any atom is 0.0815 e. The Morgan fingerprint density at radius 2 is 2.08 bits per heavy atom. The molecule has 2 rings (SSSR count). The van der Waals surface area contributed by atoms with Gasteiger partial charge in [-0.15, -0.1) is 0 Å². The van der Waals surface area contributed by atoms with Crippen molar-refractivity contribution in [1.29, 1.82) is 0 Å². The fourth-order valence-electron chi connectivity index (χ4n) is 1.40. The Labute approximate surface area is 84.9 Å². The molecule has 0 aromatic carbocycles. The van der Waals surface area contributed by atoms with Crippen LogP contribution in [0.2, 0.25) is 5.02 Å². The van der Waals surface area contributed by atoms with Gasteiger partial charge in [-0.05, 0) is 26.2 Å². The smallest absolute Gasteiger partial charge is 0.0815 e. The van der Waals surface area contributed by atoms with Crippen molar-refractivity contribution in [2.24, 2.45) is 0 Å². The van der Waals surface area contributed by atoms with Crippen LogP contribution in [0, 0.1) is 6.92 Å². The van der Waals surface area contributed by atoms with Crippen LogP contribution in [-0.2, 0) is 0 Å². The van der Waals surface area contributed by atoms with E-state index in [1.807, 2.05) is 25.5 Å². The summed E-state index contributed by atoms with van der Waals surface area (Å²) in [5.74, 6) is 0. The van der Waals surface area contributed by atoms with E-state index in [0.29, 0.717) is 6.04 Å². The molecule has 0 saturated heterocycles. The Bertz CT molecular complexity index is 264. The van der Waals surface area contributed by atoms with E-state index in [4.69, 9.17) is 11.6 Å². The van der Waals surface area contributed by atoms with Crippen molar-refractivity contribution in [1.82, 2.24) is 9.78 Å². The van der Waals surface area contributed by atoms with E-state index in [0.717, 1.165) is 10.7 Å². The molecule has 1 aromatic heterocycles. The third-order valence-electron chi connectivity index (χ3n) is 2.41. The molecule has 74 valence electrons. The van der Waals surface area contributed by atoms with Crippen molar-refractivity contribution in [3.05, 3.63) is 16.9 Å². The predicted octanol–water partition coefficient (Wildman–Crippen LogP) is 3.60. The molecule has 2 nitrogen and oxygen atoms in total. The van der Waals surface area contributed by atoms with Crippen molar-refractivity contribution in [2.45, 2.75) is 46.1 Å². The van der Waals surface area contributed by atoms with Gasteiger partial charge in [-0.1, -0.05) is 25.4 Å². The Balaban J connectivity index is 0.000000396. The number of rotatable bonds is 1. The molecule has 0 bridgehead atoms. The fourth-order valence-corrected chi connectivity index (χ4v) is 1.53. The third-order valence-corrected chi connectivity index (χ3v) is 2.78. The van der Waals surface area contributed by atoms with Gasteiger partial charge in [0.2, 0.25) is 0 Å². The van der Waals surface area contributed by atoms with E-state index in [-0.39, 0.29) is 0 Å². The Morgan fingerprint density at radius 1 is 1.46 bits per heavy atom. The van der Waals surface area contributed by atoms with Crippen molar-refractivity contribution in [3.8, 4) is 0 Å². The van der Waals surface area contributed by atoms with E-state index in [9.17, 15) is 0 Å². The second-order valence-electron chi connectivity index (χ2n) is 3.11. The lowest BCUT2D eigenvalue weighted by Gasteiger charge is -2.26. The second-order valence-corrected chi connectivity index (χ2v) is 3.51. The molecule has 1 aromatic rings. The van der Waals surface area contributed by atoms with Crippen molar-refractivity contribution < 1.29 is 0 Å². The molecule has 0 unspecified atom stereocenters. The molecule has 0 atom stereocenters. The minimum absolute atomic E-state index is 0.627. The largest absolute Gasteiger partial charge is 0.265 e. The Morgan fingerprint density at radius 3 is 2.38 bits per heavy atom. The molecule has 0 N–H and O–H groups in total. The van der Waals surface area contributed by atoms with Crippen LogP contribution in [0.4, 0.5) is 0 Å². The van der Waals surface area contributed by atoms with Gasteiger partial charge in [-0.2, -0.15) is 5.10 Å². The van der Waals surface area contributed by atoms with Gasteiger partial charge in [0.25, 0.3) is 0 Å². The van der Waals surface area contributed by atoms with E-state index in [1.165, 1.54) is 19.3 Å². The highest BCUT2D eigenvalue weighted by atomic mass is 35.5. The molecule has 3 heteroatoms. The molecule has 0 radical (unpaired) electrons. The number of aromatic nitrogens is 2. The van der Waals surface area contributed by atoms with Gasteiger partial charge >= 0.3 is 0 Å². The van der Waals surface area contributed by atoms with Crippen LogP contribution in [0.5, 0.6) is 0 Å².